The zero-order chi connectivity index (χ0) is 21.7. The number of benzene rings is 3. The molecule has 154 valence electrons. The van der Waals surface area contributed by atoms with Crippen LogP contribution in [0.1, 0.15) is 33.3 Å². The van der Waals surface area contributed by atoms with E-state index in [1.54, 1.807) is 35.2 Å². The molecule has 0 saturated heterocycles. The Hall–Kier alpha value is -2.77. The number of hydrogen-bond donors (Lipinski definition) is 0. The number of hydrogen-bond acceptors (Lipinski definition) is 3. The molecular formula is C24H14Br2FNO3. The van der Waals surface area contributed by atoms with Crippen LogP contribution in [0.3, 0.4) is 0 Å². The van der Waals surface area contributed by atoms with E-state index in [1.165, 1.54) is 12.1 Å². The second-order valence-electron chi connectivity index (χ2n) is 7.33. The molecule has 3 aromatic carbocycles. The van der Waals surface area contributed by atoms with Crippen LogP contribution in [0.4, 0.5) is 4.39 Å². The monoisotopic (exact) mass is 541 g/mol. The molecule has 1 unspecified atom stereocenters. The lowest BCUT2D eigenvalue weighted by molar-refractivity contribution is 0.0714. The van der Waals surface area contributed by atoms with Gasteiger partial charge in [0.1, 0.15) is 11.4 Å². The van der Waals surface area contributed by atoms with Gasteiger partial charge < -0.3 is 9.32 Å². The molecule has 31 heavy (non-hydrogen) atoms. The molecule has 7 heteroatoms. The maximum absolute atomic E-state index is 13.5. The van der Waals surface area contributed by atoms with Crippen molar-refractivity contribution in [2.75, 3.05) is 0 Å². The minimum Gasteiger partial charge on any atom is -0.450 e. The predicted molar refractivity (Wildman–Crippen MR) is 122 cm³/mol. The second-order valence-corrected chi connectivity index (χ2v) is 9.16. The van der Waals surface area contributed by atoms with Gasteiger partial charge in [0.2, 0.25) is 5.76 Å². The first kappa shape index (κ1) is 20.2. The molecule has 0 fully saturated rings. The van der Waals surface area contributed by atoms with Crippen LogP contribution in [0.5, 0.6) is 0 Å². The van der Waals surface area contributed by atoms with Gasteiger partial charge in [0.25, 0.3) is 5.91 Å². The molecule has 1 aromatic heterocycles. The maximum Gasteiger partial charge on any atom is 0.291 e. The van der Waals surface area contributed by atoms with Crippen molar-refractivity contribution in [3.05, 3.63) is 114 Å². The molecule has 0 aliphatic carbocycles. The van der Waals surface area contributed by atoms with Crippen molar-refractivity contribution in [1.82, 2.24) is 4.90 Å². The van der Waals surface area contributed by atoms with E-state index < -0.39 is 6.04 Å². The molecule has 0 spiro atoms. The van der Waals surface area contributed by atoms with Gasteiger partial charge in [0, 0.05) is 15.5 Å². The zero-order valence-corrected chi connectivity index (χ0v) is 19.1. The summed E-state index contributed by atoms with van der Waals surface area (Å²) < 4.78 is 20.9. The summed E-state index contributed by atoms with van der Waals surface area (Å²) in [6.07, 6.45) is 0. The normalized spacial score (nSPS) is 15.5. The van der Waals surface area contributed by atoms with Crippen molar-refractivity contribution in [2.45, 2.75) is 12.6 Å². The first-order chi connectivity index (χ1) is 14.9. The fourth-order valence-corrected chi connectivity index (χ4v) is 4.56. The molecular weight excluding hydrogens is 529 g/mol. The summed E-state index contributed by atoms with van der Waals surface area (Å²) in [5.41, 5.74) is 1.99. The van der Waals surface area contributed by atoms with E-state index in [-0.39, 0.29) is 29.5 Å². The Bertz CT molecular complexity index is 1380. The lowest BCUT2D eigenvalue weighted by atomic mass is 9.98. The Morgan fingerprint density at radius 2 is 1.58 bits per heavy atom. The van der Waals surface area contributed by atoms with Gasteiger partial charge in [-0.15, -0.1) is 0 Å². The highest BCUT2D eigenvalue weighted by molar-refractivity contribution is 9.10. The number of amides is 1. The Morgan fingerprint density at radius 3 is 2.29 bits per heavy atom. The summed E-state index contributed by atoms with van der Waals surface area (Å²) in [4.78, 5) is 28.5. The summed E-state index contributed by atoms with van der Waals surface area (Å²) >= 11 is 6.82. The summed E-state index contributed by atoms with van der Waals surface area (Å²) in [5.74, 6) is -0.665. The van der Waals surface area contributed by atoms with Crippen LogP contribution in [0.15, 0.2) is 84.9 Å². The average molecular weight is 543 g/mol. The van der Waals surface area contributed by atoms with Gasteiger partial charge in [-0.2, -0.15) is 0 Å². The highest BCUT2D eigenvalue weighted by Gasteiger charge is 2.42. The molecule has 0 bridgehead atoms. The third-order valence-corrected chi connectivity index (χ3v) is 6.40. The molecule has 4 aromatic rings. The Balaban J connectivity index is 1.72. The molecule has 4 nitrogen and oxygen atoms in total. The summed E-state index contributed by atoms with van der Waals surface area (Å²) in [5, 5.41) is 0.409. The smallest absolute Gasteiger partial charge is 0.291 e. The zero-order valence-electron chi connectivity index (χ0n) is 15.9. The Morgan fingerprint density at radius 1 is 0.903 bits per heavy atom. The fraction of sp³-hybridized carbons (Fsp3) is 0.0833. The average Bonchev–Trinajstić information content (AvgIpc) is 3.03. The van der Waals surface area contributed by atoms with Gasteiger partial charge in [-0.3, -0.25) is 9.59 Å². The van der Waals surface area contributed by atoms with E-state index in [9.17, 15) is 14.0 Å². The van der Waals surface area contributed by atoms with E-state index in [0.29, 0.717) is 16.5 Å². The molecule has 1 aliphatic heterocycles. The van der Waals surface area contributed by atoms with Crippen molar-refractivity contribution >= 4 is 48.7 Å². The van der Waals surface area contributed by atoms with Crippen molar-refractivity contribution < 1.29 is 13.6 Å². The van der Waals surface area contributed by atoms with Gasteiger partial charge in [-0.25, -0.2) is 4.39 Å². The van der Waals surface area contributed by atoms with E-state index in [2.05, 4.69) is 31.9 Å². The molecule has 1 atom stereocenters. The predicted octanol–water partition coefficient (Wildman–Crippen LogP) is 6.20. The van der Waals surface area contributed by atoms with Crippen LogP contribution >= 0.6 is 31.9 Å². The van der Waals surface area contributed by atoms with Crippen LogP contribution in [0.2, 0.25) is 0 Å². The topological polar surface area (TPSA) is 50.5 Å². The van der Waals surface area contributed by atoms with Crippen LogP contribution in [0.25, 0.3) is 11.0 Å². The standard InChI is InChI=1S/C24H14Br2FNO3/c25-15-5-3-14(4-6-15)21-20-22(29)18-11-16(26)7-10-19(18)31-23(20)24(30)28(21)12-13-1-8-17(27)9-2-13/h1-11,21H,12H2. The van der Waals surface area contributed by atoms with Crippen molar-refractivity contribution in [2.24, 2.45) is 0 Å². The van der Waals surface area contributed by atoms with Crippen LogP contribution in [0, 0.1) is 5.82 Å². The van der Waals surface area contributed by atoms with E-state index in [4.69, 9.17) is 4.42 Å². The highest BCUT2D eigenvalue weighted by atomic mass is 79.9. The van der Waals surface area contributed by atoms with E-state index in [0.717, 1.165) is 20.1 Å². The second kappa shape index (κ2) is 7.73. The van der Waals surface area contributed by atoms with Gasteiger partial charge in [0.05, 0.1) is 17.0 Å². The molecule has 0 N–H and O–H groups in total. The molecule has 1 amide bonds. The summed E-state index contributed by atoms with van der Waals surface area (Å²) in [7, 11) is 0. The minimum atomic E-state index is -0.611. The summed E-state index contributed by atoms with van der Waals surface area (Å²) in [6.45, 7) is 0.212. The number of carbonyl (C=O) groups excluding carboxylic acids is 1. The largest absolute Gasteiger partial charge is 0.450 e. The van der Waals surface area contributed by atoms with Gasteiger partial charge in [-0.1, -0.05) is 56.1 Å². The van der Waals surface area contributed by atoms with Crippen LogP contribution < -0.4 is 5.43 Å². The summed E-state index contributed by atoms with van der Waals surface area (Å²) in [6, 6.07) is 18.0. The number of rotatable bonds is 3. The quantitative estimate of drug-likeness (QED) is 0.309. The third kappa shape index (κ3) is 3.51. The third-order valence-electron chi connectivity index (χ3n) is 5.38. The molecule has 0 radical (unpaired) electrons. The lowest BCUT2D eigenvalue weighted by Gasteiger charge is -2.25. The number of fused-ring (bicyclic) bond motifs is 2. The maximum atomic E-state index is 13.5. The van der Waals surface area contributed by atoms with Crippen molar-refractivity contribution in [3.63, 3.8) is 0 Å². The highest BCUT2D eigenvalue weighted by Crippen LogP contribution is 2.39. The van der Waals surface area contributed by atoms with Crippen LogP contribution in [-0.2, 0) is 6.54 Å². The molecule has 5 rings (SSSR count). The van der Waals surface area contributed by atoms with E-state index in [1.807, 2.05) is 24.3 Å². The van der Waals surface area contributed by atoms with Gasteiger partial charge in [0.15, 0.2) is 5.43 Å². The fourth-order valence-electron chi connectivity index (χ4n) is 3.93. The minimum absolute atomic E-state index is 0.0508. The van der Waals surface area contributed by atoms with Crippen LogP contribution in [-0.4, -0.2) is 10.8 Å². The van der Waals surface area contributed by atoms with Gasteiger partial charge in [-0.05, 0) is 53.6 Å². The Labute approximate surface area is 193 Å². The van der Waals surface area contributed by atoms with Gasteiger partial charge >= 0.3 is 0 Å². The van der Waals surface area contributed by atoms with Crippen molar-refractivity contribution in [1.29, 1.82) is 0 Å². The number of halogens is 3. The first-order valence-corrected chi connectivity index (χ1v) is 11.1. The lowest BCUT2D eigenvalue weighted by Crippen LogP contribution is -2.29. The number of carbonyl (C=O) groups is 1. The van der Waals surface area contributed by atoms with Crippen molar-refractivity contribution in [3.8, 4) is 0 Å². The first-order valence-electron chi connectivity index (χ1n) is 9.49. The number of nitrogens with zero attached hydrogens (tertiary/aromatic N) is 1. The molecule has 1 aliphatic rings. The van der Waals surface area contributed by atoms with E-state index >= 15 is 0 Å². The Kier molecular flexibility index (Phi) is 5.02. The molecule has 0 saturated carbocycles. The molecule has 2 heterocycles. The SMILES string of the molecule is O=C1c2oc3ccc(Br)cc3c(=O)c2C(c2ccc(Br)cc2)N1Cc1ccc(F)cc1.